The molecule has 0 heterocycles. The van der Waals surface area contributed by atoms with Crippen molar-refractivity contribution in [2.75, 3.05) is 39.6 Å². The molecule has 17 nitrogen and oxygen atoms in total. The van der Waals surface area contributed by atoms with E-state index in [0.717, 1.165) is 108 Å². The smallest absolute Gasteiger partial charge is 0.462 e. The molecule has 0 radical (unpaired) electrons. The lowest BCUT2D eigenvalue weighted by molar-refractivity contribution is -0.161. The second kappa shape index (κ2) is 72.3. The fourth-order valence-corrected chi connectivity index (χ4v) is 14.2. The van der Waals surface area contributed by atoms with Crippen LogP contribution in [0.3, 0.4) is 0 Å². The van der Waals surface area contributed by atoms with Crippen LogP contribution in [0, 0.1) is 17.8 Å². The van der Waals surface area contributed by atoms with E-state index in [1.165, 1.54) is 238 Å². The minimum Gasteiger partial charge on any atom is -0.462 e. The van der Waals surface area contributed by atoms with Crippen molar-refractivity contribution in [2.24, 2.45) is 17.8 Å². The van der Waals surface area contributed by atoms with E-state index in [9.17, 15) is 43.2 Å². The van der Waals surface area contributed by atoms with Crippen LogP contribution in [0.4, 0.5) is 0 Å². The van der Waals surface area contributed by atoms with E-state index in [1.54, 1.807) is 0 Å². The Hall–Kier alpha value is -1.94. The van der Waals surface area contributed by atoms with Gasteiger partial charge in [-0.15, -0.1) is 0 Å². The van der Waals surface area contributed by atoms with Crippen LogP contribution in [0.1, 0.15) is 427 Å². The van der Waals surface area contributed by atoms with Gasteiger partial charge in [0.2, 0.25) is 0 Å². The van der Waals surface area contributed by atoms with Crippen LogP contribution >= 0.6 is 15.6 Å². The van der Waals surface area contributed by atoms with E-state index in [4.69, 9.17) is 37.0 Å². The van der Waals surface area contributed by atoms with Crippen molar-refractivity contribution in [2.45, 2.75) is 446 Å². The first-order valence-electron chi connectivity index (χ1n) is 42.3. The third-order valence-corrected chi connectivity index (χ3v) is 21.0. The largest absolute Gasteiger partial charge is 0.472 e. The molecule has 0 amide bonds. The molecule has 5 atom stereocenters. The highest BCUT2D eigenvalue weighted by molar-refractivity contribution is 7.47. The lowest BCUT2D eigenvalue weighted by Gasteiger charge is -2.21. The molecule has 0 aromatic heterocycles. The van der Waals surface area contributed by atoms with Gasteiger partial charge in [-0.3, -0.25) is 37.3 Å². The molecule has 19 heteroatoms. The average Bonchev–Trinajstić information content (AvgIpc) is 1.05. The van der Waals surface area contributed by atoms with Gasteiger partial charge in [0.1, 0.15) is 19.3 Å². The Labute approximate surface area is 619 Å². The van der Waals surface area contributed by atoms with Gasteiger partial charge in [0.25, 0.3) is 0 Å². The molecule has 0 bridgehead atoms. The van der Waals surface area contributed by atoms with Gasteiger partial charge in [0.15, 0.2) is 12.2 Å². The van der Waals surface area contributed by atoms with E-state index in [1.807, 2.05) is 0 Å². The number of hydrogen-bond acceptors (Lipinski definition) is 15. The third-order valence-electron chi connectivity index (χ3n) is 19.1. The van der Waals surface area contributed by atoms with Gasteiger partial charge in [-0.25, -0.2) is 9.13 Å². The van der Waals surface area contributed by atoms with Crippen molar-refractivity contribution in [3.05, 3.63) is 0 Å². The molecule has 0 aliphatic carbocycles. The molecule has 0 aromatic carbocycles. The molecular weight excluding hydrogens is 1320 g/mol. The number of esters is 4. The van der Waals surface area contributed by atoms with Crippen LogP contribution in [0.15, 0.2) is 0 Å². The molecule has 0 aliphatic rings. The number of hydrogen-bond donors (Lipinski definition) is 3. The van der Waals surface area contributed by atoms with Crippen LogP contribution < -0.4 is 0 Å². The first kappa shape index (κ1) is 99.1. The predicted molar refractivity (Wildman–Crippen MR) is 414 cm³/mol. The lowest BCUT2D eigenvalue weighted by atomic mass is 10.0. The number of aliphatic hydroxyl groups is 1. The van der Waals surface area contributed by atoms with Gasteiger partial charge >= 0.3 is 39.5 Å². The van der Waals surface area contributed by atoms with E-state index in [2.05, 4.69) is 48.5 Å². The summed E-state index contributed by atoms with van der Waals surface area (Å²) in [6, 6.07) is 0. The molecule has 600 valence electrons. The zero-order chi connectivity index (χ0) is 74.4. The van der Waals surface area contributed by atoms with Crippen molar-refractivity contribution in [3.63, 3.8) is 0 Å². The van der Waals surface area contributed by atoms with Gasteiger partial charge in [-0.1, -0.05) is 376 Å². The van der Waals surface area contributed by atoms with E-state index in [-0.39, 0.29) is 25.7 Å². The predicted octanol–water partition coefficient (Wildman–Crippen LogP) is 24.5. The van der Waals surface area contributed by atoms with Gasteiger partial charge < -0.3 is 33.8 Å². The molecule has 0 saturated carbocycles. The highest BCUT2D eigenvalue weighted by atomic mass is 31.2. The van der Waals surface area contributed by atoms with Gasteiger partial charge in [-0.2, -0.15) is 0 Å². The number of phosphoric acid groups is 2. The van der Waals surface area contributed by atoms with Crippen molar-refractivity contribution < 1.29 is 80.2 Å². The fourth-order valence-electron chi connectivity index (χ4n) is 12.7. The van der Waals surface area contributed by atoms with Crippen LogP contribution in [0.2, 0.25) is 0 Å². The summed E-state index contributed by atoms with van der Waals surface area (Å²) in [7, 11) is -9.92. The molecule has 0 spiro atoms. The molecule has 0 aliphatic heterocycles. The number of carbonyl (C=O) groups excluding carboxylic acids is 4. The first-order chi connectivity index (χ1) is 48.7. The summed E-state index contributed by atoms with van der Waals surface area (Å²) >= 11 is 0. The minimum atomic E-state index is -4.96. The maximum absolute atomic E-state index is 13.1. The Morgan fingerprint density at radius 2 is 0.455 bits per heavy atom. The molecule has 0 fully saturated rings. The topological polar surface area (TPSA) is 237 Å². The van der Waals surface area contributed by atoms with Crippen LogP contribution in [-0.4, -0.2) is 96.7 Å². The number of aliphatic hydroxyl groups excluding tert-OH is 1. The summed E-state index contributed by atoms with van der Waals surface area (Å²) in [4.78, 5) is 73.0. The Balaban J connectivity index is 5.21. The Morgan fingerprint density at radius 1 is 0.267 bits per heavy atom. The van der Waals surface area contributed by atoms with Crippen molar-refractivity contribution in [1.29, 1.82) is 0 Å². The third kappa shape index (κ3) is 76.1. The first-order valence-corrected chi connectivity index (χ1v) is 45.3. The molecule has 0 rings (SSSR count). The minimum absolute atomic E-state index is 0.107. The number of phosphoric ester groups is 2. The Morgan fingerprint density at radius 3 is 0.673 bits per heavy atom. The fraction of sp³-hybridized carbons (Fsp3) is 0.951. The van der Waals surface area contributed by atoms with Crippen LogP contribution in [-0.2, 0) is 65.4 Å². The van der Waals surface area contributed by atoms with Crippen molar-refractivity contribution in [1.82, 2.24) is 0 Å². The zero-order valence-corrected chi connectivity index (χ0v) is 68.2. The number of rotatable bonds is 80. The second-order valence-corrected chi connectivity index (χ2v) is 33.8. The van der Waals surface area contributed by atoms with E-state index < -0.39 is 97.5 Å². The van der Waals surface area contributed by atoms with Crippen LogP contribution in [0.25, 0.3) is 0 Å². The lowest BCUT2D eigenvalue weighted by Crippen LogP contribution is -2.30. The maximum Gasteiger partial charge on any atom is 0.472 e. The normalized spacial score (nSPS) is 14.0. The SMILES string of the molecule is CCCCCCCCCCCC(=O)OC[C@H](COP(=O)(O)OC[C@H](O)COP(=O)(O)OC[C@@H](COC(=O)CCCCCCCCCCCCCCCC(C)C)OC(=O)CCCCCCCCCCCCCCCCCCCCC(C)C)OC(=O)CCCCCCCCCCCCCCC(C)C. The molecule has 0 aromatic rings. The summed E-state index contributed by atoms with van der Waals surface area (Å²) in [5.41, 5.74) is 0. The quantitative estimate of drug-likeness (QED) is 0.0222. The standard InChI is InChI=1S/C82H160O17P2/c1-8-9-10-11-12-32-42-49-56-63-79(84)92-69-77(98-82(87)66-59-52-45-38-31-25-24-28-35-41-48-55-62-75(6)7)71-96-100(88,89)94-67-76(83)68-95-101(90,91)97-72-78(70-93-80(85)64-57-50-43-36-29-23-19-21-27-34-40-47-54-61-74(4)5)99-81(86)65-58-51-44-37-30-22-18-16-14-13-15-17-20-26-33-39-46-53-60-73(2)3/h73-78,83H,8-72H2,1-7H3,(H,88,89)(H,90,91)/t76-,77+,78+/m0/s1. The van der Waals surface area contributed by atoms with Crippen LogP contribution in [0.5, 0.6) is 0 Å². The van der Waals surface area contributed by atoms with E-state index >= 15 is 0 Å². The molecule has 0 saturated heterocycles. The number of unbranched alkanes of at least 4 members (excludes halogenated alkanes) is 48. The summed E-state index contributed by atoms with van der Waals surface area (Å²) in [5, 5.41) is 10.6. The second-order valence-electron chi connectivity index (χ2n) is 30.9. The average molecular weight is 1480 g/mol. The zero-order valence-electron chi connectivity index (χ0n) is 66.4. The summed E-state index contributed by atoms with van der Waals surface area (Å²) < 4.78 is 68.7. The highest BCUT2D eigenvalue weighted by Gasteiger charge is 2.30. The van der Waals surface area contributed by atoms with E-state index in [0.29, 0.717) is 25.7 Å². The maximum atomic E-state index is 13.1. The summed E-state index contributed by atoms with van der Waals surface area (Å²) in [6.45, 7) is 12.0. The van der Waals surface area contributed by atoms with Gasteiger partial charge in [0, 0.05) is 25.7 Å². The van der Waals surface area contributed by atoms with Crippen molar-refractivity contribution in [3.8, 4) is 0 Å². The highest BCUT2D eigenvalue weighted by Crippen LogP contribution is 2.45. The Kier molecular flexibility index (Phi) is 70.9. The molecule has 2 unspecified atom stereocenters. The molecular formula is C82H160O17P2. The molecule has 101 heavy (non-hydrogen) atoms. The molecule has 3 N–H and O–H groups in total. The number of ether oxygens (including phenoxy) is 4. The van der Waals surface area contributed by atoms with Crippen molar-refractivity contribution >= 4 is 39.5 Å². The summed E-state index contributed by atoms with van der Waals surface area (Å²) in [5.74, 6) is 0.278. The van der Waals surface area contributed by atoms with Gasteiger partial charge in [-0.05, 0) is 43.4 Å². The summed E-state index contributed by atoms with van der Waals surface area (Å²) in [6.07, 6.45) is 61.1. The monoisotopic (exact) mass is 1480 g/mol. The van der Waals surface area contributed by atoms with Gasteiger partial charge in [0.05, 0.1) is 26.4 Å². The Bertz CT molecular complexity index is 1960. The number of carbonyl (C=O) groups is 4.